The van der Waals surface area contributed by atoms with E-state index in [0.717, 1.165) is 5.69 Å². The standard InChI is InChI=1S/C13H19FN2/c1-10-5-3-4-6-12(10)16(2)11-7-8-15-13(14)9-11/h7-10,12H,3-6H2,1-2H3. The van der Waals surface area contributed by atoms with E-state index in [-0.39, 0.29) is 0 Å². The van der Waals surface area contributed by atoms with Gasteiger partial charge in [-0.15, -0.1) is 0 Å². The molecule has 0 bridgehead atoms. The Hall–Kier alpha value is -1.12. The zero-order chi connectivity index (χ0) is 11.5. The van der Waals surface area contributed by atoms with Gasteiger partial charge in [-0.25, -0.2) is 4.98 Å². The van der Waals surface area contributed by atoms with Crippen molar-refractivity contribution in [1.82, 2.24) is 4.98 Å². The number of anilines is 1. The quantitative estimate of drug-likeness (QED) is 0.714. The lowest BCUT2D eigenvalue weighted by atomic mass is 9.85. The Bertz CT molecular complexity index is 354. The van der Waals surface area contributed by atoms with Crippen LogP contribution in [0.25, 0.3) is 0 Å². The van der Waals surface area contributed by atoms with Crippen molar-refractivity contribution >= 4 is 5.69 Å². The van der Waals surface area contributed by atoms with E-state index in [0.29, 0.717) is 12.0 Å². The highest BCUT2D eigenvalue weighted by molar-refractivity contribution is 5.45. The third-order valence-electron chi connectivity index (χ3n) is 3.68. The monoisotopic (exact) mass is 222 g/mol. The van der Waals surface area contributed by atoms with Gasteiger partial charge in [-0.1, -0.05) is 19.8 Å². The third-order valence-corrected chi connectivity index (χ3v) is 3.68. The molecule has 0 radical (unpaired) electrons. The van der Waals surface area contributed by atoms with Gasteiger partial charge in [0.25, 0.3) is 0 Å². The average molecular weight is 222 g/mol. The SMILES string of the molecule is CC1CCCCC1N(C)c1ccnc(F)c1. The summed E-state index contributed by atoms with van der Waals surface area (Å²) in [5, 5.41) is 0. The number of aromatic nitrogens is 1. The molecule has 1 aromatic rings. The van der Waals surface area contributed by atoms with Crippen molar-refractivity contribution in [3.8, 4) is 0 Å². The predicted molar refractivity (Wildman–Crippen MR) is 64.0 cm³/mol. The van der Waals surface area contributed by atoms with E-state index in [1.165, 1.54) is 37.9 Å². The van der Waals surface area contributed by atoms with Gasteiger partial charge in [-0.2, -0.15) is 4.39 Å². The smallest absolute Gasteiger partial charge is 0.214 e. The number of nitrogens with zero attached hydrogens (tertiary/aromatic N) is 2. The molecule has 1 saturated carbocycles. The molecule has 3 heteroatoms. The van der Waals surface area contributed by atoms with Crippen LogP contribution in [0.2, 0.25) is 0 Å². The lowest BCUT2D eigenvalue weighted by molar-refractivity contribution is 0.321. The summed E-state index contributed by atoms with van der Waals surface area (Å²) >= 11 is 0. The molecule has 0 saturated heterocycles. The highest BCUT2D eigenvalue weighted by Gasteiger charge is 2.25. The zero-order valence-corrected chi connectivity index (χ0v) is 9.99. The van der Waals surface area contributed by atoms with Crippen LogP contribution in [0, 0.1) is 11.9 Å². The molecule has 1 aliphatic rings. The highest BCUT2D eigenvalue weighted by atomic mass is 19.1. The second-order valence-corrected chi connectivity index (χ2v) is 4.78. The molecule has 2 nitrogen and oxygen atoms in total. The minimum atomic E-state index is -0.396. The Balaban J connectivity index is 2.14. The molecule has 2 rings (SSSR count). The lowest BCUT2D eigenvalue weighted by Gasteiger charge is -2.37. The fraction of sp³-hybridized carbons (Fsp3) is 0.615. The molecular formula is C13H19FN2. The van der Waals surface area contributed by atoms with E-state index < -0.39 is 5.95 Å². The summed E-state index contributed by atoms with van der Waals surface area (Å²) in [6, 6.07) is 3.93. The van der Waals surface area contributed by atoms with Crippen molar-refractivity contribution < 1.29 is 4.39 Å². The maximum absolute atomic E-state index is 13.1. The predicted octanol–water partition coefficient (Wildman–Crippen LogP) is 3.24. The Kier molecular flexibility index (Phi) is 3.42. The largest absolute Gasteiger partial charge is 0.371 e. The first-order valence-electron chi connectivity index (χ1n) is 6.03. The maximum Gasteiger partial charge on any atom is 0.214 e. The van der Waals surface area contributed by atoms with E-state index >= 15 is 0 Å². The van der Waals surface area contributed by atoms with Gasteiger partial charge in [0, 0.05) is 31.0 Å². The summed E-state index contributed by atoms with van der Waals surface area (Å²) in [6.07, 6.45) is 6.64. The van der Waals surface area contributed by atoms with E-state index in [9.17, 15) is 4.39 Å². The first kappa shape index (κ1) is 11.4. The summed E-state index contributed by atoms with van der Waals surface area (Å²) in [5.41, 5.74) is 0.936. The molecule has 2 unspecified atom stereocenters. The van der Waals surface area contributed by atoms with Gasteiger partial charge in [0.2, 0.25) is 5.95 Å². The van der Waals surface area contributed by atoms with Crippen molar-refractivity contribution in [1.29, 1.82) is 0 Å². The third kappa shape index (κ3) is 2.34. The van der Waals surface area contributed by atoms with Crippen molar-refractivity contribution in [2.24, 2.45) is 5.92 Å². The summed E-state index contributed by atoms with van der Waals surface area (Å²) in [4.78, 5) is 5.80. The van der Waals surface area contributed by atoms with Crippen molar-refractivity contribution in [3.63, 3.8) is 0 Å². The minimum Gasteiger partial charge on any atom is -0.371 e. The average Bonchev–Trinajstić information content (AvgIpc) is 2.29. The van der Waals surface area contributed by atoms with Gasteiger partial charge in [-0.3, -0.25) is 0 Å². The molecule has 1 aliphatic carbocycles. The second kappa shape index (κ2) is 4.81. The maximum atomic E-state index is 13.1. The van der Waals surface area contributed by atoms with E-state index in [4.69, 9.17) is 0 Å². The molecular weight excluding hydrogens is 203 g/mol. The Labute approximate surface area is 96.5 Å². The number of pyridine rings is 1. The summed E-state index contributed by atoms with van der Waals surface area (Å²) in [7, 11) is 2.06. The summed E-state index contributed by atoms with van der Waals surface area (Å²) in [6.45, 7) is 2.29. The Morgan fingerprint density at radius 2 is 2.12 bits per heavy atom. The zero-order valence-electron chi connectivity index (χ0n) is 9.99. The van der Waals surface area contributed by atoms with Gasteiger partial charge in [0.15, 0.2) is 0 Å². The molecule has 1 aromatic heterocycles. The molecule has 1 fully saturated rings. The summed E-state index contributed by atoms with van der Waals surface area (Å²) in [5.74, 6) is 0.294. The number of halogens is 1. The molecule has 88 valence electrons. The number of rotatable bonds is 2. The van der Waals surface area contributed by atoms with Crippen LogP contribution in [0.1, 0.15) is 32.6 Å². The summed E-state index contributed by atoms with van der Waals surface area (Å²) < 4.78 is 13.1. The van der Waals surface area contributed by atoms with E-state index in [1.807, 2.05) is 6.07 Å². The van der Waals surface area contributed by atoms with Gasteiger partial charge in [0.05, 0.1) is 0 Å². The van der Waals surface area contributed by atoms with Crippen LogP contribution in [-0.2, 0) is 0 Å². The first-order valence-corrected chi connectivity index (χ1v) is 6.03. The van der Waals surface area contributed by atoms with Crippen LogP contribution in [-0.4, -0.2) is 18.1 Å². The molecule has 0 spiro atoms. The van der Waals surface area contributed by atoms with E-state index in [1.54, 1.807) is 0 Å². The highest BCUT2D eigenvalue weighted by Crippen LogP contribution is 2.30. The van der Waals surface area contributed by atoms with Gasteiger partial charge < -0.3 is 4.90 Å². The van der Waals surface area contributed by atoms with Gasteiger partial charge in [0.1, 0.15) is 0 Å². The number of hydrogen-bond acceptors (Lipinski definition) is 2. The molecule has 16 heavy (non-hydrogen) atoms. The molecule has 0 aliphatic heterocycles. The molecule has 0 N–H and O–H groups in total. The van der Waals surface area contributed by atoms with E-state index in [2.05, 4.69) is 23.9 Å². The molecule has 2 atom stereocenters. The van der Waals surface area contributed by atoms with Gasteiger partial charge >= 0.3 is 0 Å². The molecule has 0 amide bonds. The normalized spacial score (nSPS) is 25.4. The lowest BCUT2D eigenvalue weighted by Crippen LogP contribution is -2.39. The molecule has 0 aromatic carbocycles. The van der Waals surface area contributed by atoms with Crippen LogP contribution in [0.15, 0.2) is 18.3 Å². The first-order chi connectivity index (χ1) is 7.68. The van der Waals surface area contributed by atoms with Crippen LogP contribution in [0.3, 0.4) is 0 Å². The van der Waals surface area contributed by atoms with Crippen molar-refractivity contribution in [2.75, 3.05) is 11.9 Å². The van der Waals surface area contributed by atoms with Crippen LogP contribution in [0.4, 0.5) is 10.1 Å². The minimum absolute atomic E-state index is 0.396. The second-order valence-electron chi connectivity index (χ2n) is 4.78. The molecule has 1 heterocycles. The number of hydrogen-bond donors (Lipinski definition) is 0. The van der Waals surface area contributed by atoms with Crippen LogP contribution in [0.5, 0.6) is 0 Å². The topological polar surface area (TPSA) is 16.1 Å². The van der Waals surface area contributed by atoms with Gasteiger partial charge in [-0.05, 0) is 24.8 Å². The van der Waals surface area contributed by atoms with Crippen LogP contribution < -0.4 is 4.90 Å². The van der Waals surface area contributed by atoms with Crippen molar-refractivity contribution in [2.45, 2.75) is 38.6 Å². The fourth-order valence-corrected chi connectivity index (χ4v) is 2.68. The van der Waals surface area contributed by atoms with Crippen LogP contribution >= 0.6 is 0 Å². The fourth-order valence-electron chi connectivity index (χ4n) is 2.68. The Morgan fingerprint density at radius 3 is 2.81 bits per heavy atom. The Morgan fingerprint density at radius 1 is 1.38 bits per heavy atom. The van der Waals surface area contributed by atoms with Crippen molar-refractivity contribution in [3.05, 3.63) is 24.3 Å².